The van der Waals surface area contributed by atoms with Gasteiger partial charge in [0.25, 0.3) is 0 Å². The highest BCUT2D eigenvalue weighted by Gasteiger charge is 2.50. The van der Waals surface area contributed by atoms with Crippen LogP contribution in [-0.2, 0) is 10.2 Å². The van der Waals surface area contributed by atoms with Crippen molar-refractivity contribution >= 4 is 17.7 Å². The number of ether oxygens (including phenoxy) is 2. The fourth-order valence-electron chi connectivity index (χ4n) is 5.38. The van der Waals surface area contributed by atoms with Gasteiger partial charge in [0.15, 0.2) is 11.5 Å². The molecule has 0 spiro atoms. The smallest absolute Gasteiger partial charge is 0.490 e. The number of nitrogens with zero attached hydrogens (tertiary/aromatic N) is 1. The molecule has 1 heterocycles. The van der Waals surface area contributed by atoms with E-state index in [0.717, 1.165) is 49.4 Å². The first-order valence-electron chi connectivity index (χ1n) is 12.3. The van der Waals surface area contributed by atoms with Crippen LogP contribution in [0.4, 0.5) is 23.7 Å². The summed E-state index contributed by atoms with van der Waals surface area (Å²) in [6.07, 6.45) is -1.04. The number of nitrogens with one attached hydrogen (secondary N) is 2. The first kappa shape index (κ1) is 29.1. The molecule has 38 heavy (non-hydrogen) atoms. The normalized spacial score (nSPS) is 22.9. The number of rotatable bonds is 5. The molecule has 0 unspecified atom stereocenters. The molecule has 2 aromatic carbocycles. The minimum absolute atomic E-state index is 0.0832. The zero-order valence-corrected chi connectivity index (χ0v) is 21.9. The van der Waals surface area contributed by atoms with E-state index in [4.69, 9.17) is 19.4 Å². The number of likely N-dealkylation sites (tertiary alicyclic amines) is 1. The summed E-state index contributed by atoms with van der Waals surface area (Å²) in [6.45, 7) is 3.09. The number of hydrogen-bond acceptors (Lipinski definition) is 5. The predicted molar refractivity (Wildman–Crippen MR) is 137 cm³/mol. The molecule has 1 aliphatic heterocycles. The van der Waals surface area contributed by atoms with Gasteiger partial charge in [0.1, 0.15) is 0 Å². The maximum Gasteiger partial charge on any atom is 0.490 e. The largest absolute Gasteiger partial charge is 0.493 e. The second-order valence-electron chi connectivity index (χ2n) is 9.71. The molecule has 2 aliphatic rings. The van der Waals surface area contributed by atoms with Crippen molar-refractivity contribution < 1.29 is 37.3 Å². The van der Waals surface area contributed by atoms with E-state index in [1.165, 1.54) is 11.1 Å². The molecule has 3 atom stereocenters. The van der Waals surface area contributed by atoms with Gasteiger partial charge in [0.2, 0.25) is 0 Å². The minimum Gasteiger partial charge on any atom is -0.493 e. The highest BCUT2D eigenvalue weighted by Crippen LogP contribution is 2.49. The van der Waals surface area contributed by atoms with Crippen LogP contribution in [0.25, 0.3) is 0 Å². The van der Waals surface area contributed by atoms with Gasteiger partial charge < -0.3 is 30.1 Å². The Morgan fingerprint density at radius 1 is 1.05 bits per heavy atom. The average molecular weight is 538 g/mol. The Balaban J connectivity index is 0.000000505. The third-order valence-electron chi connectivity index (χ3n) is 7.37. The van der Waals surface area contributed by atoms with E-state index in [2.05, 4.69) is 34.7 Å². The number of alkyl halides is 3. The van der Waals surface area contributed by atoms with E-state index >= 15 is 0 Å². The molecular formula is C27H34F3N3O5. The Morgan fingerprint density at radius 3 is 2.26 bits per heavy atom. The lowest BCUT2D eigenvalue weighted by Crippen LogP contribution is -2.52. The number of halogens is 3. The van der Waals surface area contributed by atoms with Crippen molar-refractivity contribution in [3.05, 3.63) is 53.6 Å². The van der Waals surface area contributed by atoms with E-state index in [1.54, 1.807) is 14.2 Å². The minimum atomic E-state index is -5.08. The molecule has 208 valence electrons. The molecule has 1 saturated heterocycles. The molecule has 2 aromatic rings. The van der Waals surface area contributed by atoms with Gasteiger partial charge in [-0.1, -0.05) is 23.8 Å². The van der Waals surface area contributed by atoms with Crippen molar-refractivity contribution in [2.75, 3.05) is 33.1 Å². The number of urea groups is 1. The summed E-state index contributed by atoms with van der Waals surface area (Å²) in [5, 5.41) is 13.3. The van der Waals surface area contributed by atoms with Crippen LogP contribution in [0.5, 0.6) is 11.5 Å². The number of fused-ring (bicyclic) bond motifs is 1. The van der Waals surface area contributed by atoms with E-state index in [-0.39, 0.29) is 17.5 Å². The summed E-state index contributed by atoms with van der Waals surface area (Å²) in [5.74, 6) is -1.22. The number of aliphatic carboxylic acids is 1. The van der Waals surface area contributed by atoms with Crippen molar-refractivity contribution in [3.63, 3.8) is 0 Å². The van der Waals surface area contributed by atoms with Gasteiger partial charge >= 0.3 is 18.2 Å². The lowest BCUT2D eigenvalue weighted by Gasteiger charge is -2.45. The summed E-state index contributed by atoms with van der Waals surface area (Å²) in [4.78, 5) is 23.9. The van der Waals surface area contributed by atoms with E-state index in [0.29, 0.717) is 6.04 Å². The monoisotopic (exact) mass is 537 g/mol. The first-order chi connectivity index (χ1) is 17.9. The predicted octanol–water partition coefficient (Wildman–Crippen LogP) is 4.96. The molecular weight excluding hydrogens is 503 g/mol. The van der Waals surface area contributed by atoms with Crippen molar-refractivity contribution in [2.45, 2.75) is 56.3 Å². The van der Waals surface area contributed by atoms with E-state index in [1.807, 2.05) is 37.3 Å². The molecule has 0 radical (unpaired) electrons. The fourth-order valence-corrected chi connectivity index (χ4v) is 5.38. The molecule has 2 fully saturated rings. The second-order valence-corrected chi connectivity index (χ2v) is 9.71. The summed E-state index contributed by atoms with van der Waals surface area (Å²) in [7, 11) is 5.55. The highest BCUT2D eigenvalue weighted by atomic mass is 19.4. The zero-order valence-electron chi connectivity index (χ0n) is 21.9. The van der Waals surface area contributed by atoms with Gasteiger partial charge in [-0.05, 0) is 76.0 Å². The number of carboxylic acid groups (broad SMARTS) is 1. The fraction of sp³-hybridized carbons (Fsp3) is 0.481. The molecule has 11 heteroatoms. The Bertz CT molecular complexity index is 1130. The quantitative estimate of drug-likeness (QED) is 0.499. The zero-order chi connectivity index (χ0) is 28.1. The van der Waals surface area contributed by atoms with E-state index in [9.17, 15) is 18.0 Å². The number of benzene rings is 2. The number of methoxy groups -OCH3 is 2. The molecule has 1 saturated carbocycles. The van der Waals surface area contributed by atoms with Crippen LogP contribution in [-0.4, -0.2) is 68.1 Å². The first-order valence-corrected chi connectivity index (χ1v) is 12.3. The molecule has 4 rings (SSSR count). The average Bonchev–Trinajstić information content (AvgIpc) is 3.21. The van der Waals surface area contributed by atoms with Crippen molar-refractivity contribution in [2.24, 2.45) is 0 Å². The molecule has 0 bridgehead atoms. The number of hydrogen-bond donors (Lipinski definition) is 3. The van der Waals surface area contributed by atoms with Crippen LogP contribution in [0.15, 0.2) is 42.5 Å². The van der Waals surface area contributed by atoms with Crippen molar-refractivity contribution in [3.8, 4) is 11.5 Å². The van der Waals surface area contributed by atoms with Gasteiger partial charge in [-0.25, -0.2) is 9.59 Å². The third kappa shape index (κ3) is 6.69. The third-order valence-corrected chi connectivity index (χ3v) is 7.37. The standard InChI is InChI=1S/C25H33N3O3.C2HF3O2/c1-17-5-8-19(9-6-17)26-24(29)27-20-11-12-25(13-14-28(2)23(25)16-20)18-7-10-21(30-3)22(15-18)31-4;3-2(4,5)1(6)7/h5-10,15,20,23H,11-14,16H2,1-4H3,(H2,26,27,29);(H,6,7)/t20-,23+,25+;/m1./s1. The second kappa shape index (κ2) is 11.9. The van der Waals surface area contributed by atoms with Crippen LogP contribution in [0, 0.1) is 6.92 Å². The summed E-state index contributed by atoms with van der Waals surface area (Å²) in [5.41, 5.74) is 3.38. The Kier molecular flexibility index (Phi) is 9.14. The SMILES string of the molecule is COc1ccc([C@@]23CC[C@@H](NC(=O)Nc4ccc(C)cc4)C[C@@H]2N(C)CC3)cc1OC.O=C(O)C(F)(F)F. The van der Waals surface area contributed by atoms with Gasteiger partial charge in [-0.15, -0.1) is 0 Å². The number of carbonyl (C=O) groups is 2. The summed E-state index contributed by atoms with van der Waals surface area (Å²) < 4.78 is 42.7. The number of aryl methyl sites for hydroxylation is 1. The van der Waals surface area contributed by atoms with Crippen LogP contribution in [0.1, 0.15) is 36.8 Å². The van der Waals surface area contributed by atoms with Gasteiger partial charge in [0.05, 0.1) is 14.2 Å². The maximum atomic E-state index is 12.6. The number of amides is 2. The van der Waals surface area contributed by atoms with Crippen molar-refractivity contribution in [1.29, 1.82) is 0 Å². The molecule has 8 nitrogen and oxygen atoms in total. The summed E-state index contributed by atoms with van der Waals surface area (Å²) >= 11 is 0. The van der Waals surface area contributed by atoms with Gasteiger partial charge in [-0.2, -0.15) is 13.2 Å². The summed E-state index contributed by atoms with van der Waals surface area (Å²) in [6, 6.07) is 14.6. The van der Waals surface area contributed by atoms with Crippen LogP contribution >= 0.6 is 0 Å². The number of carbonyl (C=O) groups excluding carboxylic acids is 1. The Morgan fingerprint density at radius 2 is 1.68 bits per heavy atom. The number of carboxylic acids is 1. The Hall–Kier alpha value is -3.47. The maximum absolute atomic E-state index is 12.6. The Labute approximate surface area is 220 Å². The number of anilines is 1. The number of likely N-dealkylation sites (N-methyl/N-ethyl adjacent to an activating group) is 1. The molecule has 2 amide bonds. The van der Waals surface area contributed by atoms with Crippen molar-refractivity contribution in [1.82, 2.24) is 10.2 Å². The van der Waals surface area contributed by atoms with Crippen LogP contribution in [0.3, 0.4) is 0 Å². The lowest BCUT2D eigenvalue weighted by atomic mass is 9.65. The molecule has 0 aromatic heterocycles. The molecule has 1 aliphatic carbocycles. The van der Waals surface area contributed by atoms with Gasteiger partial charge in [0, 0.05) is 23.2 Å². The topological polar surface area (TPSA) is 100 Å². The van der Waals surface area contributed by atoms with Crippen LogP contribution < -0.4 is 20.1 Å². The highest BCUT2D eigenvalue weighted by molar-refractivity contribution is 5.89. The molecule has 3 N–H and O–H groups in total. The van der Waals surface area contributed by atoms with Gasteiger partial charge in [-0.3, -0.25) is 0 Å². The lowest BCUT2D eigenvalue weighted by molar-refractivity contribution is -0.192. The van der Waals surface area contributed by atoms with E-state index < -0.39 is 12.1 Å². The van der Waals surface area contributed by atoms with Crippen LogP contribution in [0.2, 0.25) is 0 Å².